The van der Waals surface area contributed by atoms with Crippen LogP contribution in [0.25, 0.3) is 5.69 Å². The standard InChI is InChI=1S/C19H17FN2/c1-14-12-16(13-21-19-11-7-6-10-18(19)20)15(2)22(14)17-8-4-3-5-9-17/h3-13H,1-2H3. The van der Waals surface area contributed by atoms with Crippen LogP contribution in [0.2, 0.25) is 0 Å². The quantitative estimate of drug-likeness (QED) is 0.605. The van der Waals surface area contributed by atoms with Crippen molar-refractivity contribution in [2.75, 3.05) is 0 Å². The van der Waals surface area contributed by atoms with Crippen LogP contribution in [-0.4, -0.2) is 10.8 Å². The number of hydrogen-bond acceptors (Lipinski definition) is 1. The molecule has 0 aliphatic carbocycles. The van der Waals surface area contributed by atoms with E-state index >= 15 is 0 Å². The fourth-order valence-corrected chi connectivity index (χ4v) is 2.59. The van der Waals surface area contributed by atoms with Gasteiger partial charge in [-0.15, -0.1) is 0 Å². The van der Waals surface area contributed by atoms with Gasteiger partial charge in [0.1, 0.15) is 5.82 Å². The third-order valence-corrected chi connectivity index (χ3v) is 3.68. The fourth-order valence-electron chi connectivity index (χ4n) is 2.59. The second-order valence-electron chi connectivity index (χ2n) is 5.21. The molecule has 0 saturated carbocycles. The lowest BCUT2D eigenvalue weighted by Crippen LogP contribution is -1.99. The molecular formula is C19H17FN2. The van der Waals surface area contributed by atoms with Gasteiger partial charge in [-0.1, -0.05) is 30.3 Å². The monoisotopic (exact) mass is 292 g/mol. The first-order valence-corrected chi connectivity index (χ1v) is 7.20. The number of para-hydroxylation sites is 2. The highest BCUT2D eigenvalue weighted by Crippen LogP contribution is 2.21. The number of halogens is 1. The average Bonchev–Trinajstić information content (AvgIpc) is 2.81. The SMILES string of the molecule is Cc1cc(C=Nc2ccccc2F)c(C)n1-c1ccccc1. The smallest absolute Gasteiger partial charge is 0.148 e. The van der Waals surface area contributed by atoms with Crippen molar-refractivity contribution in [3.05, 3.63) is 83.4 Å². The summed E-state index contributed by atoms with van der Waals surface area (Å²) in [6, 6.07) is 18.8. The molecule has 3 heteroatoms. The Morgan fingerprint density at radius 2 is 1.64 bits per heavy atom. The van der Waals surface area contributed by atoms with Gasteiger partial charge in [-0.05, 0) is 44.2 Å². The van der Waals surface area contributed by atoms with E-state index in [0.717, 1.165) is 22.6 Å². The molecule has 0 amide bonds. The van der Waals surface area contributed by atoms with Crippen molar-refractivity contribution in [1.29, 1.82) is 0 Å². The second kappa shape index (κ2) is 5.98. The van der Waals surface area contributed by atoms with Crippen molar-refractivity contribution >= 4 is 11.9 Å². The van der Waals surface area contributed by atoms with Crippen molar-refractivity contribution in [2.24, 2.45) is 4.99 Å². The predicted molar refractivity (Wildman–Crippen MR) is 88.9 cm³/mol. The van der Waals surface area contributed by atoms with Gasteiger partial charge in [0, 0.05) is 28.9 Å². The second-order valence-corrected chi connectivity index (χ2v) is 5.21. The number of aryl methyl sites for hydroxylation is 1. The average molecular weight is 292 g/mol. The lowest BCUT2D eigenvalue weighted by Gasteiger charge is -2.08. The van der Waals surface area contributed by atoms with E-state index in [2.05, 4.69) is 34.7 Å². The van der Waals surface area contributed by atoms with Gasteiger partial charge in [0.15, 0.2) is 0 Å². The summed E-state index contributed by atoms with van der Waals surface area (Å²) in [5.41, 5.74) is 4.67. The van der Waals surface area contributed by atoms with Crippen LogP contribution in [0, 0.1) is 19.7 Å². The molecule has 1 aromatic heterocycles. The topological polar surface area (TPSA) is 17.3 Å². The van der Waals surface area contributed by atoms with Crippen LogP contribution in [-0.2, 0) is 0 Å². The zero-order valence-electron chi connectivity index (χ0n) is 12.6. The van der Waals surface area contributed by atoms with Crippen molar-refractivity contribution < 1.29 is 4.39 Å². The van der Waals surface area contributed by atoms with E-state index < -0.39 is 0 Å². The van der Waals surface area contributed by atoms with Crippen molar-refractivity contribution in [2.45, 2.75) is 13.8 Å². The molecule has 2 nitrogen and oxygen atoms in total. The first kappa shape index (κ1) is 14.3. The molecular weight excluding hydrogens is 275 g/mol. The molecule has 0 aliphatic heterocycles. The third-order valence-electron chi connectivity index (χ3n) is 3.68. The Kier molecular flexibility index (Phi) is 3.88. The zero-order valence-corrected chi connectivity index (χ0v) is 12.6. The number of benzene rings is 2. The number of aromatic nitrogens is 1. The molecule has 3 aromatic rings. The maximum atomic E-state index is 13.6. The highest BCUT2D eigenvalue weighted by molar-refractivity contribution is 5.84. The van der Waals surface area contributed by atoms with Gasteiger partial charge >= 0.3 is 0 Å². The summed E-state index contributed by atoms with van der Waals surface area (Å²) in [6.07, 6.45) is 1.72. The molecule has 3 rings (SSSR count). The van der Waals surface area contributed by atoms with Gasteiger partial charge in [-0.25, -0.2) is 4.39 Å². The first-order valence-electron chi connectivity index (χ1n) is 7.20. The Hall–Kier alpha value is -2.68. The molecule has 0 saturated heterocycles. The molecule has 0 aliphatic rings. The van der Waals surface area contributed by atoms with Crippen LogP contribution in [0.5, 0.6) is 0 Å². The highest BCUT2D eigenvalue weighted by Gasteiger charge is 2.09. The van der Waals surface area contributed by atoms with E-state index in [1.807, 2.05) is 25.1 Å². The molecule has 0 unspecified atom stereocenters. The van der Waals surface area contributed by atoms with Crippen molar-refractivity contribution in [1.82, 2.24) is 4.57 Å². The van der Waals surface area contributed by atoms with Crippen LogP contribution >= 0.6 is 0 Å². The Balaban J connectivity index is 1.99. The molecule has 22 heavy (non-hydrogen) atoms. The summed E-state index contributed by atoms with van der Waals surface area (Å²) in [6.45, 7) is 4.10. The predicted octanol–water partition coefficient (Wildman–Crippen LogP) is 4.98. The highest BCUT2D eigenvalue weighted by atomic mass is 19.1. The molecule has 0 radical (unpaired) electrons. The largest absolute Gasteiger partial charge is 0.318 e. The number of nitrogens with zero attached hydrogens (tertiary/aromatic N) is 2. The van der Waals surface area contributed by atoms with E-state index in [4.69, 9.17) is 0 Å². The number of hydrogen-bond donors (Lipinski definition) is 0. The van der Waals surface area contributed by atoms with Crippen molar-refractivity contribution in [3.63, 3.8) is 0 Å². The van der Waals surface area contributed by atoms with E-state index in [1.165, 1.54) is 6.07 Å². The minimum Gasteiger partial charge on any atom is -0.318 e. The minimum atomic E-state index is -0.310. The molecule has 1 heterocycles. The minimum absolute atomic E-state index is 0.310. The lowest BCUT2D eigenvalue weighted by molar-refractivity contribution is 0.630. The number of rotatable bonds is 3. The van der Waals surface area contributed by atoms with Crippen molar-refractivity contribution in [3.8, 4) is 5.69 Å². The van der Waals surface area contributed by atoms with E-state index in [0.29, 0.717) is 5.69 Å². The Labute approximate surface area is 129 Å². The fraction of sp³-hybridized carbons (Fsp3) is 0.105. The normalized spacial score (nSPS) is 11.2. The van der Waals surface area contributed by atoms with Crippen LogP contribution in [0.4, 0.5) is 10.1 Å². The summed E-state index contributed by atoms with van der Waals surface area (Å²) in [5.74, 6) is -0.310. The van der Waals surface area contributed by atoms with Crippen LogP contribution < -0.4 is 0 Å². The van der Waals surface area contributed by atoms with Gasteiger partial charge < -0.3 is 4.57 Å². The lowest BCUT2D eigenvalue weighted by atomic mass is 10.2. The third kappa shape index (κ3) is 2.70. The van der Waals surface area contributed by atoms with Crippen LogP contribution in [0.15, 0.2) is 65.7 Å². The summed E-state index contributed by atoms with van der Waals surface area (Å²) in [7, 11) is 0. The van der Waals surface area contributed by atoms with E-state index in [-0.39, 0.29) is 5.82 Å². The maximum Gasteiger partial charge on any atom is 0.148 e. The Morgan fingerprint density at radius 3 is 2.36 bits per heavy atom. The molecule has 0 bridgehead atoms. The molecule has 2 aromatic carbocycles. The summed E-state index contributed by atoms with van der Waals surface area (Å²) >= 11 is 0. The number of aliphatic imine (C=N–C) groups is 1. The van der Waals surface area contributed by atoms with Crippen LogP contribution in [0.3, 0.4) is 0 Å². The molecule has 0 fully saturated rings. The zero-order chi connectivity index (χ0) is 15.5. The van der Waals surface area contributed by atoms with Gasteiger partial charge in [0.25, 0.3) is 0 Å². The summed E-state index contributed by atoms with van der Waals surface area (Å²) < 4.78 is 15.8. The first-order chi connectivity index (χ1) is 10.7. The molecule has 110 valence electrons. The molecule has 0 spiro atoms. The van der Waals surface area contributed by atoms with Gasteiger partial charge in [0.2, 0.25) is 0 Å². The van der Waals surface area contributed by atoms with E-state index in [1.54, 1.807) is 24.4 Å². The summed E-state index contributed by atoms with van der Waals surface area (Å²) in [4.78, 5) is 4.27. The maximum absolute atomic E-state index is 13.6. The molecule has 0 N–H and O–H groups in total. The summed E-state index contributed by atoms with van der Waals surface area (Å²) in [5, 5.41) is 0. The Bertz CT molecular complexity index is 817. The van der Waals surface area contributed by atoms with Crippen LogP contribution in [0.1, 0.15) is 17.0 Å². The van der Waals surface area contributed by atoms with Gasteiger partial charge in [-0.2, -0.15) is 0 Å². The van der Waals surface area contributed by atoms with E-state index in [9.17, 15) is 4.39 Å². The van der Waals surface area contributed by atoms with Gasteiger partial charge in [-0.3, -0.25) is 4.99 Å². The molecule has 0 atom stereocenters. The van der Waals surface area contributed by atoms with Gasteiger partial charge in [0.05, 0.1) is 5.69 Å². The Morgan fingerprint density at radius 1 is 0.955 bits per heavy atom.